The number of phosphoric acid groups is 1. The molecule has 9 nitrogen and oxygen atoms in total. The first-order chi connectivity index (χ1) is 7.15. The van der Waals surface area contributed by atoms with Gasteiger partial charge >= 0.3 is 37.7 Å². The second-order valence-corrected chi connectivity index (χ2v) is 4.58. The second kappa shape index (κ2) is 6.55. The number of aliphatic hydroxyl groups excluding tert-OH is 5. The van der Waals surface area contributed by atoms with Gasteiger partial charge in [0.05, 0.1) is 7.82 Å². The van der Waals surface area contributed by atoms with Gasteiger partial charge in [-0.05, 0) is 0 Å². The van der Waals surface area contributed by atoms with Crippen molar-refractivity contribution in [2.75, 3.05) is 0 Å². The first-order valence-corrected chi connectivity index (χ1v) is 5.72. The average Bonchev–Trinajstić information content (AvgIpc) is 2.17. The van der Waals surface area contributed by atoms with Crippen LogP contribution in [0.1, 0.15) is 0 Å². The molecule has 0 aromatic heterocycles. The van der Waals surface area contributed by atoms with Crippen molar-refractivity contribution in [3.05, 3.63) is 0 Å². The zero-order valence-electron chi connectivity index (χ0n) is 8.49. The molecule has 0 heterocycles. The Morgan fingerprint density at radius 3 is 1.41 bits per heavy atom. The molecule has 0 radical (unpaired) electrons. The van der Waals surface area contributed by atoms with Gasteiger partial charge in [0.25, 0.3) is 0 Å². The molecule has 1 rings (SSSR count). The molecule has 0 bridgehead atoms. The molecule has 11 heteroatoms. The third-order valence-electron chi connectivity index (χ3n) is 2.32. The van der Waals surface area contributed by atoms with Crippen LogP contribution < -0.4 is 9.79 Å². The Bertz CT molecular complexity index is 279. The van der Waals surface area contributed by atoms with Crippen LogP contribution in [0, 0.1) is 0 Å². The van der Waals surface area contributed by atoms with E-state index in [-0.39, 0.29) is 37.7 Å². The van der Waals surface area contributed by atoms with Crippen LogP contribution in [0.3, 0.4) is 0 Å². The van der Waals surface area contributed by atoms with Crippen molar-refractivity contribution in [1.82, 2.24) is 0 Å². The Morgan fingerprint density at radius 2 is 1.12 bits per heavy atom. The van der Waals surface area contributed by atoms with Gasteiger partial charge in [-0.3, -0.25) is 0 Å². The summed E-state index contributed by atoms with van der Waals surface area (Å²) in [6, 6.07) is 0. The van der Waals surface area contributed by atoms with E-state index in [0.717, 1.165) is 0 Å². The third kappa shape index (κ3) is 4.34. The molecule has 1 saturated carbocycles. The van der Waals surface area contributed by atoms with E-state index in [9.17, 15) is 24.6 Å². The summed E-state index contributed by atoms with van der Waals surface area (Å²) in [5.41, 5.74) is 0. The first kappa shape index (κ1) is 18.2. The maximum absolute atomic E-state index is 10.3. The van der Waals surface area contributed by atoms with Crippen molar-refractivity contribution in [3.8, 4) is 0 Å². The summed E-state index contributed by atoms with van der Waals surface area (Å²) in [6.45, 7) is 0. The standard InChI is InChI=1S/C6H13O9P.Ca/c7-1-2(8)4(10)6(5(11)3(1)9)15-16(12,13)14;/h1-11H,(H2,12,13,14);/q;+2/p-2/t1-,2-,3+,4-,5-,6-;/m0./s1. The summed E-state index contributed by atoms with van der Waals surface area (Å²) in [5, 5.41) is 45.9. The van der Waals surface area contributed by atoms with Gasteiger partial charge in [-0.1, -0.05) is 0 Å². The molecule has 0 spiro atoms. The van der Waals surface area contributed by atoms with Crippen LogP contribution in [-0.2, 0) is 9.09 Å². The zero-order chi connectivity index (χ0) is 12.7. The fourth-order valence-corrected chi connectivity index (χ4v) is 2.02. The zero-order valence-corrected chi connectivity index (χ0v) is 11.6. The Morgan fingerprint density at radius 1 is 0.824 bits per heavy atom. The van der Waals surface area contributed by atoms with Crippen LogP contribution in [0.2, 0.25) is 0 Å². The van der Waals surface area contributed by atoms with E-state index in [4.69, 9.17) is 15.3 Å². The van der Waals surface area contributed by atoms with Crippen molar-refractivity contribution in [1.29, 1.82) is 0 Å². The van der Waals surface area contributed by atoms with Crippen molar-refractivity contribution in [2.45, 2.75) is 36.6 Å². The Kier molecular flexibility index (Phi) is 7.01. The summed E-state index contributed by atoms with van der Waals surface area (Å²) in [7, 11) is -5.51. The van der Waals surface area contributed by atoms with E-state index in [0.29, 0.717) is 0 Å². The van der Waals surface area contributed by atoms with Gasteiger partial charge in [0.15, 0.2) is 0 Å². The van der Waals surface area contributed by atoms with Crippen LogP contribution in [0.5, 0.6) is 0 Å². The number of rotatable bonds is 2. The summed E-state index contributed by atoms with van der Waals surface area (Å²) in [5.74, 6) is 0. The van der Waals surface area contributed by atoms with Crippen molar-refractivity contribution in [3.63, 3.8) is 0 Å². The maximum atomic E-state index is 10.3. The predicted octanol–water partition coefficient (Wildman–Crippen LogP) is -5.36. The molecule has 0 aromatic rings. The second-order valence-electron chi connectivity index (χ2n) is 3.47. The molecule has 0 amide bonds. The molecule has 0 aromatic carbocycles. The smallest absolute Gasteiger partial charge is 0.790 e. The molecular weight excluding hydrogens is 287 g/mol. The summed E-state index contributed by atoms with van der Waals surface area (Å²) < 4.78 is 14.1. The van der Waals surface area contributed by atoms with Gasteiger partial charge in [0.2, 0.25) is 0 Å². The molecule has 17 heavy (non-hydrogen) atoms. The molecule has 1 aliphatic rings. The van der Waals surface area contributed by atoms with E-state index in [1.54, 1.807) is 0 Å². The van der Waals surface area contributed by atoms with Gasteiger partial charge in [0, 0.05) is 0 Å². The van der Waals surface area contributed by atoms with E-state index < -0.39 is 44.4 Å². The van der Waals surface area contributed by atoms with Gasteiger partial charge in [0.1, 0.15) is 36.6 Å². The SMILES string of the molecule is O=P([O-])([O-])O[C@@H]1[C@@H](O)[C@H](O)[C@@H](O)[C@H](O)[C@@H]1O.[Ca+2]. The molecule has 6 atom stereocenters. The summed E-state index contributed by atoms with van der Waals surface area (Å²) >= 11 is 0. The molecule has 0 unspecified atom stereocenters. The number of hydrogen-bond acceptors (Lipinski definition) is 9. The first-order valence-electron chi connectivity index (χ1n) is 4.26. The molecular formula is C6H11CaO9P. The van der Waals surface area contributed by atoms with E-state index >= 15 is 0 Å². The van der Waals surface area contributed by atoms with Crippen LogP contribution in [-0.4, -0.2) is 99.9 Å². The molecule has 0 aliphatic heterocycles. The van der Waals surface area contributed by atoms with Crippen molar-refractivity contribution in [2.24, 2.45) is 0 Å². The minimum atomic E-state index is -5.51. The van der Waals surface area contributed by atoms with Gasteiger partial charge in [-0.15, -0.1) is 0 Å². The van der Waals surface area contributed by atoms with Crippen molar-refractivity contribution < 1.29 is 44.4 Å². The number of hydrogen-bond donors (Lipinski definition) is 5. The topological polar surface area (TPSA) is 174 Å². The van der Waals surface area contributed by atoms with Crippen LogP contribution in [0.15, 0.2) is 0 Å². The van der Waals surface area contributed by atoms with Crippen LogP contribution in [0.25, 0.3) is 0 Å². The monoisotopic (exact) mass is 298 g/mol. The normalized spacial score (nSPS) is 43.0. The Hall–Kier alpha value is 1.17. The quantitative estimate of drug-likeness (QED) is 0.246. The minimum Gasteiger partial charge on any atom is -0.790 e. The molecule has 0 saturated heterocycles. The van der Waals surface area contributed by atoms with Gasteiger partial charge < -0.3 is 44.4 Å². The van der Waals surface area contributed by atoms with Crippen molar-refractivity contribution >= 4 is 45.6 Å². The third-order valence-corrected chi connectivity index (χ3v) is 2.83. The fraction of sp³-hybridized carbons (Fsp3) is 1.00. The molecule has 96 valence electrons. The average molecular weight is 298 g/mol. The molecule has 1 aliphatic carbocycles. The Labute approximate surface area is 126 Å². The van der Waals surface area contributed by atoms with E-state index in [2.05, 4.69) is 4.52 Å². The van der Waals surface area contributed by atoms with Gasteiger partial charge in [-0.2, -0.15) is 0 Å². The molecule has 5 N–H and O–H groups in total. The molecule has 1 fully saturated rings. The van der Waals surface area contributed by atoms with Crippen LogP contribution >= 0.6 is 7.82 Å². The van der Waals surface area contributed by atoms with Gasteiger partial charge in [-0.25, -0.2) is 0 Å². The number of aliphatic hydroxyl groups is 5. The summed E-state index contributed by atoms with van der Waals surface area (Å²) in [4.78, 5) is 20.6. The predicted molar refractivity (Wildman–Crippen MR) is 48.3 cm³/mol. The maximum Gasteiger partial charge on any atom is 2.00 e. The summed E-state index contributed by atoms with van der Waals surface area (Å²) in [6.07, 6.45) is -11.8. The van der Waals surface area contributed by atoms with E-state index in [1.165, 1.54) is 0 Å². The Balaban J connectivity index is 0.00000256. The minimum absolute atomic E-state index is 0. The fourth-order valence-electron chi connectivity index (χ4n) is 1.47. The number of phosphoric ester groups is 1. The largest absolute Gasteiger partial charge is 2.00 e. The van der Waals surface area contributed by atoms with Crippen LogP contribution in [0.4, 0.5) is 0 Å². The van der Waals surface area contributed by atoms with E-state index in [1.807, 2.05) is 0 Å².